The molecule has 2 heterocycles. The molecule has 0 saturated carbocycles. The van der Waals surface area contributed by atoms with Gasteiger partial charge in [-0.1, -0.05) is 12.1 Å². The molecule has 204 valence electrons. The molecule has 1 aromatic heterocycles. The molecule has 5 nitrogen and oxygen atoms in total. The number of fused-ring (bicyclic) bond motifs is 1. The van der Waals surface area contributed by atoms with E-state index in [9.17, 15) is 14.3 Å². The van der Waals surface area contributed by atoms with Crippen molar-refractivity contribution in [1.29, 1.82) is 0 Å². The minimum atomic E-state index is -1.11. The maximum absolute atomic E-state index is 15.5. The van der Waals surface area contributed by atoms with Gasteiger partial charge in [0.05, 0.1) is 12.6 Å². The number of unbranched alkanes of at least 4 members (excludes halogenated alkanes) is 1. The molecular weight excluding hydrogens is 486 g/mol. The first-order valence-corrected chi connectivity index (χ1v) is 13.7. The molecule has 3 atom stereocenters. The Morgan fingerprint density at radius 1 is 1.13 bits per heavy atom. The van der Waals surface area contributed by atoms with E-state index in [1.54, 1.807) is 19.4 Å². The summed E-state index contributed by atoms with van der Waals surface area (Å²) >= 11 is 0. The molecule has 0 aliphatic carbocycles. The third kappa shape index (κ3) is 7.73. The van der Waals surface area contributed by atoms with Crippen molar-refractivity contribution in [1.82, 2.24) is 9.88 Å². The molecule has 3 aromatic rings. The lowest BCUT2D eigenvalue weighted by molar-refractivity contribution is -0.137. The van der Waals surface area contributed by atoms with E-state index >= 15 is 4.39 Å². The number of carbonyl (C=O) groups is 1. The number of aliphatic carboxylic acids is 1. The molecule has 1 aliphatic rings. The zero-order valence-corrected chi connectivity index (χ0v) is 22.1. The highest BCUT2D eigenvalue weighted by atomic mass is 19.1. The Bertz CT molecular complexity index is 1190. The fourth-order valence-electron chi connectivity index (χ4n) is 5.75. The van der Waals surface area contributed by atoms with Crippen LogP contribution in [-0.2, 0) is 11.2 Å². The second kappa shape index (κ2) is 13.7. The highest BCUT2D eigenvalue weighted by Gasteiger charge is 2.30. The summed E-state index contributed by atoms with van der Waals surface area (Å²) in [5.41, 5.74) is 2.53. The predicted octanol–water partition coefficient (Wildman–Crippen LogP) is 7.00. The summed E-state index contributed by atoms with van der Waals surface area (Å²) in [6.07, 6.45) is 6.40. The van der Waals surface area contributed by atoms with Crippen LogP contribution in [0.4, 0.5) is 8.78 Å². The molecule has 1 unspecified atom stereocenters. The number of rotatable bonds is 13. The molecular formula is C31H38F2N2O3. The summed E-state index contributed by atoms with van der Waals surface area (Å²) in [5, 5.41) is 10.1. The minimum Gasteiger partial charge on any atom is -0.497 e. The van der Waals surface area contributed by atoms with Crippen LogP contribution in [0, 0.1) is 17.7 Å². The number of hydrogen-bond acceptors (Lipinski definition) is 4. The van der Waals surface area contributed by atoms with Gasteiger partial charge >= 0.3 is 5.97 Å². The largest absolute Gasteiger partial charge is 0.497 e. The van der Waals surface area contributed by atoms with Crippen molar-refractivity contribution >= 4 is 16.9 Å². The fraction of sp³-hybridized carbons (Fsp3) is 0.484. The zero-order chi connectivity index (χ0) is 26.9. The number of aromatic nitrogens is 1. The number of hydrogen-bond donors (Lipinski definition) is 1. The van der Waals surface area contributed by atoms with Gasteiger partial charge in [-0.2, -0.15) is 0 Å². The van der Waals surface area contributed by atoms with Gasteiger partial charge in [0.25, 0.3) is 0 Å². The van der Waals surface area contributed by atoms with Crippen LogP contribution in [0.25, 0.3) is 10.9 Å². The fourth-order valence-corrected chi connectivity index (χ4v) is 5.75. The standard InChI is InChI=1S/C31H38F2N2O3/c1-38-26-11-13-30-28(20-26)27(15-17-34-30)29(33)12-7-23-16-19-35(21-24(23)8-14-31(36)37)18-3-2-4-22-5-9-25(32)10-6-22/h5-6,9-11,13,15,17,20,23-24,29H,2-4,7-8,12,14,16,18-19,21H2,1H3,(H,36,37)/t23-,24+,29?/m1/s1. The summed E-state index contributed by atoms with van der Waals surface area (Å²) in [5.74, 6) is 0.250. The molecule has 38 heavy (non-hydrogen) atoms. The average Bonchev–Trinajstić information content (AvgIpc) is 2.93. The smallest absolute Gasteiger partial charge is 0.303 e. The molecule has 2 aromatic carbocycles. The SMILES string of the molecule is COc1ccc2nccc(C(F)CC[C@@H]3CCN(CCCCc4ccc(F)cc4)C[C@@H]3CCC(=O)O)c2c1. The Morgan fingerprint density at radius 2 is 1.95 bits per heavy atom. The van der Waals surface area contributed by atoms with E-state index in [0.29, 0.717) is 30.1 Å². The van der Waals surface area contributed by atoms with E-state index in [2.05, 4.69) is 9.88 Å². The number of ether oxygens (including phenoxy) is 1. The molecule has 7 heteroatoms. The van der Waals surface area contributed by atoms with Crippen molar-refractivity contribution in [3.8, 4) is 5.75 Å². The lowest BCUT2D eigenvalue weighted by atomic mass is 9.79. The van der Waals surface area contributed by atoms with Crippen molar-refractivity contribution in [3.63, 3.8) is 0 Å². The van der Waals surface area contributed by atoms with Crippen LogP contribution < -0.4 is 4.74 Å². The van der Waals surface area contributed by atoms with Crippen LogP contribution in [0.3, 0.4) is 0 Å². The number of carboxylic acid groups (broad SMARTS) is 1. The highest BCUT2D eigenvalue weighted by Crippen LogP contribution is 2.36. The van der Waals surface area contributed by atoms with Crippen LogP contribution in [0.15, 0.2) is 54.7 Å². The molecule has 0 amide bonds. The number of nitrogens with zero attached hydrogens (tertiary/aromatic N) is 2. The Hall–Kier alpha value is -3.06. The van der Waals surface area contributed by atoms with Crippen molar-refractivity contribution in [2.24, 2.45) is 11.8 Å². The van der Waals surface area contributed by atoms with Crippen LogP contribution in [0.5, 0.6) is 5.75 Å². The molecule has 0 bridgehead atoms. The maximum atomic E-state index is 15.5. The molecule has 1 aliphatic heterocycles. The van der Waals surface area contributed by atoms with E-state index in [4.69, 9.17) is 4.74 Å². The van der Waals surface area contributed by atoms with E-state index in [-0.39, 0.29) is 18.2 Å². The zero-order valence-electron chi connectivity index (χ0n) is 22.1. The van der Waals surface area contributed by atoms with Gasteiger partial charge in [0.15, 0.2) is 0 Å². The van der Waals surface area contributed by atoms with Gasteiger partial charge in [0.1, 0.15) is 17.7 Å². The quantitative estimate of drug-likeness (QED) is 0.244. The van der Waals surface area contributed by atoms with E-state index < -0.39 is 12.1 Å². The predicted molar refractivity (Wildman–Crippen MR) is 146 cm³/mol. The number of halogens is 2. The number of methoxy groups -OCH3 is 1. The average molecular weight is 525 g/mol. The molecule has 1 saturated heterocycles. The Balaban J connectivity index is 1.31. The molecule has 0 spiro atoms. The van der Waals surface area contributed by atoms with Crippen LogP contribution in [-0.4, -0.2) is 47.7 Å². The third-order valence-corrected chi connectivity index (χ3v) is 7.92. The van der Waals surface area contributed by atoms with E-state index in [0.717, 1.165) is 68.2 Å². The van der Waals surface area contributed by atoms with Gasteiger partial charge in [-0.05, 0) is 117 Å². The summed E-state index contributed by atoms with van der Waals surface area (Å²) in [6, 6.07) is 14.0. The van der Waals surface area contributed by atoms with Crippen LogP contribution >= 0.6 is 0 Å². The topological polar surface area (TPSA) is 62.7 Å². The maximum Gasteiger partial charge on any atom is 0.303 e. The number of piperidine rings is 1. The van der Waals surface area contributed by atoms with Crippen molar-refractivity contribution in [2.75, 3.05) is 26.7 Å². The Kier molecular flexibility index (Phi) is 10.0. The van der Waals surface area contributed by atoms with E-state index in [1.807, 2.05) is 30.3 Å². The molecule has 4 rings (SSSR count). The van der Waals surface area contributed by atoms with Gasteiger partial charge in [0, 0.05) is 24.5 Å². The minimum absolute atomic E-state index is 0.146. The van der Waals surface area contributed by atoms with Crippen LogP contribution in [0.2, 0.25) is 0 Å². The molecule has 0 radical (unpaired) electrons. The number of carboxylic acids is 1. The number of likely N-dealkylation sites (tertiary alicyclic amines) is 1. The Morgan fingerprint density at radius 3 is 2.71 bits per heavy atom. The van der Waals surface area contributed by atoms with Crippen molar-refractivity contribution in [2.45, 2.75) is 57.5 Å². The van der Waals surface area contributed by atoms with Crippen LogP contribution in [0.1, 0.15) is 62.2 Å². The highest BCUT2D eigenvalue weighted by molar-refractivity contribution is 5.83. The third-order valence-electron chi connectivity index (χ3n) is 7.92. The summed E-state index contributed by atoms with van der Waals surface area (Å²) < 4.78 is 34.0. The first-order valence-electron chi connectivity index (χ1n) is 13.7. The molecule has 1 N–H and O–H groups in total. The lowest BCUT2D eigenvalue weighted by Gasteiger charge is -2.39. The summed E-state index contributed by atoms with van der Waals surface area (Å²) in [4.78, 5) is 18.1. The Labute approximate surface area is 223 Å². The monoisotopic (exact) mass is 524 g/mol. The number of pyridine rings is 1. The van der Waals surface area contributed by atoms with Gasteiger partial charge in [-0.15, -0.1) is 0 Å². The first kappa shape index (κ1) is 28.0. The molecule has 1 fully saturated rings. The second-order valence-electron chi connectivity index (χ2n) is 10.5. The van der Waals surface area contributed by atoms with E-state index in [1.165, 1.54) is 12.1 Å². The van der Waals surface area contributed by atoms with Crippen molar-refractivity contribution < 1.29 is 23.4 Å². The summed E-state index contributed by atoms with van der Waals surface area (Å²) in [6.45, 7) is 2.78. The number of benzene rings is 2. The lowest BCUT2D eigenvalue weighted by Crippen LogP contribution is -2.41. The van der Waals surface area contributed by atoms with Crippen molar-refractivity contribution in [3.05, 3.63) is 71.7 Å². The van der Waals surface area contributed by atoms with Gasteiger partial charge in [-0.3, -0.25) is 9.78 Å². The van der Waals surface area contributed by atoms with Gasteiger partial charge in [-0.25, -0.2) is 8.78 Å². The number of aryl methyl sites for hydroxylation is 1. The normalized spacial score (nSPS) is 18.9. The number of alkyl halides is 1. The second-order valence-corrected chi connectivity index (χ2v) is 10.5. The van der Waals surface area contributed by atoms with Gasteiger partial charge < -0.3 is 14.7 Å². The first-order chi connectivity index (χ1) is 18.4. The summed E-state index contributed by atoms with van der Waals surface area (Å²) in [7, 11) is 1.60. The van der Waals surface area contributed by atoms with Gasteiger partial charge in [0.2, 0.25) is 0 Å².